The third-order valence-corrected chi connectivity index (χ3v) is 4.58. The molecule has 1 aliphatic rings. The van der Waals surface area contributed by atoms with Crippen molar-refractivity contribution in [1.29, 1.82) is 0 Å². The van der Waals surface area contributed by atoms with Gasteiger partial charge in [0.25, 0.3) is 0 Å². The fraction of sp³-hybridized carbons (Fsp3) is 0.538. The highest BCUT2D eigenvalue weighted by atomic mass is 32.2. The molecule has 1 heterocycles. The Labute approximate surface area is 109 Å². The van der Waals surface area contributed by atoms with Gasteiger partial charge in [-0.1, -0.05) is 6.92 Å². The molecule has 1 aromatic rings. The van der Waals surface area contributed by atoms with Crippen molar-refractivity contribution in [2.45, 2.75) is 11.8 Å². The minimum atomic E-state index is -3.09. The lowest BCUT2D eigenvalue weighted by Crippen LogP contribution is -2.46. The van der Waals surface area contributed by atoms with Crippen molar-refractivity contribution in [3.05, 3.63) is 24.3 Å². The molecule has 0 N–H and O–H groups in total. The summed E-state index contributed by atoms with van der Waals surface area (Å²) in [6, 6.07) is 7.18. The van der Waals surface area contributed by atoms with Gasteiger partial charge in [-0.2, -0.15) is 0 Å². The maximum atomic E-state index is 11.4. The topological polar surface area (TPSA) is 40.6 Å². The highest BCUT2D eigenvalue weighted by Crippen LogP contribution is 2.19. The summed E-state index contributed by atoms with van der Waals surface area (Å²) in [6.45, 7) is 7.43. The van der Waals surface area contributed by atoms with Gasteiger partial charge in [-0.3, -0.25) is 0 Å². The highest BCUT2D eigenvalue weighted by molar-refractivity contribution is 7.90. The monoisotopic (exact) mass is 268 g/mol. The zero-order valence-electron chi connectivity index (χ0n) is 11.0. The number of benzene rings is 1. The summed E-state index contributed by atoms with van der Waals surface area (Å²) in [4.78, 5) is 5.11. The molecule has 5 heteroatoms. The second kappa shape index (κ2) is 5.28. The predicted octanol–water partition coefficient (Wildman–Crippen LogP) is 1.23. The summed E-state index contributed by atoms with van der Waals surface area (Å²) in [6.07, 6.45) is 1.24. The first-order valence-corrected chi connectivity index (χ1v) is 8.17. The standard InChI is InChI=1S/C13H20N2O2S/c1-3-14-8-10-15(11-9-14)12-4-6-13(7-5-12)18(2,16)17/h4-7H,3,8-11H2,1-2H3. The lowest BCUT2D eigenvalue weighted by Gasteiger charge is -2.35. The number of hydrogen-bond acceptors (Lipinski definition) is 4. The summed E-state index contributed by atoms with van der Waals surface area (Å²) >= 11 is 0. The van der Waals surface area contributed by atoms with Crippen molar-refractivity contribution < 1.29 is 8.42 Å². The molecule has 18 heavy (non-hydrogen) atoms. The van der Waals surface area contributed by atoms with E-state index in [2.05, 4.69) is 16.7 Å². The third-order valence-electron chi connectivity index (χ3n) is 3.45. The molecule has 0 aliphatic carbocycles. The molecule has 0 atom stereocenters. The van der Waals surface area contributed by atoms with Gasteiger partial charge in [0.2, 0.25) is 0 Å². The summed E-state index contributed by atoms with van der Waals surface area (Å²) < 4.78 is 22.8. The molecule has 0 aromatic heterocycles. The Bertz CT molecular complexity index is 488. The lowest BCUT2D eigenvalue weighted by atomic mass is 10.2. The van der Waals surface area contributed by atoms with Gasteiger partial charge < -0.3 is 9.80 Å². The fourth-order valence-corrected chi connectivity index (χ4v) is 2.86. The van der Waals surface area contributed by atoms with Crippen LogP contribution in [0, 0.1) is 0 Å². The number of likely N-dealkylation sites (N-methyl/N-ethyl adjacent to an activating group) is 1. The van der Waals surface area contributed by atoms with Crippen LogP contribution < -0.4 is 4.90 Å². The van der Waals surface area contributed by atoms with Gasteiger partial charge in [0.15, 0.2) is 9.84 Å². The molecule has 0 bridgehead atoms. The Hall–Kier alpha value is -1.07. The van der Waals surface area contributed by atoms with Gasteiger partial charge in [-0.25, -0.2) is 8.42 Å². The molecule has 0 saturated carbocycles. The maximum absolute atomic E-state index is 11.4. The molecule has 0 radical (unpaired) electrons. The normalized spacial score (nSPS) is 18.0. The summed E-state index contributed by atoms with van der Waals surface area (Å²) in [5.74, 6) is 0. The van der Waals surface area contributed by atoms with Crippen molar-refractivity contribution in [1.82, 2.24) is 4.90 Å². The molecule has 1 saturated heterocycles. The molecule has 100 valence electrons. The summed E-state index contributed by atoms with van der Waals surface area (Å²) in [5.41, 5.74) is 1.11. The SMILES string of the molecule is CCN1CCN(c2ccc(S(C)(=O)=O)cc2)CC1. The summed E-state index contributed by atoms with van der Waals surface area (Å²) in [5, 5.41) is 0. The van der Waals surface area contributed by atoms with E-state index in [1.54, 1.807) is 12.1 Å². The number of piperazine rings is 1. The molecule has 1 aromatic carbocycles. The van der Waals surface area contributed by atoms with Crippen LogP contribution in [0.4, 0.5) is 5.69 Å². The van der Waals surface area contributed by atoms with E-state index in [1.807, 2.05) is 12.1 Å². The van der Waals surface area contributed by atoms with E-state index in [-0.39, 0.29) is 0 Å². The first-order valence-electron chi connectivity index (χ1n) is 6.28. The Morgan fingerprint density at radius 2 is 1.61 bits per heavy atom. The van der Waals surface area contributed by atoms with Crippen molar-refractivity contribution in [2.24, 2.45) is 0 Å². The highest BCUT2D eigenvalue weighted by Gasteiger charge is 2.16. The molecule has 1 aliphatic heterocycles. The lowest BCUT2D eigenvalue weighted by molar-refractivity contribution is 0.271. The van der Waals surface area contributed by atoms with E-state index >= 15 is 0 Å². The summed E-state index contributed by atoms with van der Waals surface area (Å²) in [7, 11) is -3.09. The maximum Gasteiger partial charge on any atom is 0.175 e. The van der Waals surface area contributed by atoms with Crippen LogP contribution in [0.25, 0.3) is 0 Å². The van der Waals surface area contributed by atoms with E-state index in [1.165, 1.54) is 6.26 Å². The van der Waals surface area contributed by atoms with Crippen LogP contribution in [0.2, 0.25) is 0 Å². The van der Waals surface area contributed by atoms with Crippen LogP contribution in [-0.4, -0.2) is 52.3 Å². The second-order valence-electron chi connectivity index (χ2n) is 4.69. The Kier molecular flexibility index (Phi) is 3.92. The van der Waals surface area contributed by atoms with E-state index in [0.717, 1.165) is 38.4 Å². The second-order valence-corrected chi connectivity index (χ2v) is 6.70. The first kappa shape index (κ1) is 13.4. The van der Waals surface area contributed by atoms with Crippen molar-refractivity contribution in [3.8, 4) is 0 Å². The van der Waals surface area contributed by atoms with E-state index in [9.17, 15) is 8.42 Å². The number of nitrogens with zero attached hydrogens (tertiary/aromatic N) is 2. The fourth-order valence-electron chi connectivity index (χ4n) is 2.23. The molecule has 0 unspecified atom stereocenters. The molecular weight excluding hydrogens is 248 g/mol. The number of rotatable bonds is 3. The number of anilines is 1. The van der Waals surface area contributed by atoms with Crippen LogP contribution in [0.5, 0.6) is 0 Å². The van der Waals surface area contributed by atoms with Crippen LogP contribution >= 0.6 is 0 Å². The van der Waals surface area contributed by atoms with Gasteiger partial charge in [0, 0.05) is 38.1 Å². The van der Waals surface area contributed by atoms with Crippen molar-refractivity contribution in [3.63, 3.8) is 0 Å². The van der Waals surface area contributed by atoms with Crippen molar-refractivity contribution in [2.75, 3.05) is 43.9 Å². The van der Waals surface area contributed by atoms with Gasteiger partial charge in [-0.05, 0) is 30.8 Å². The average molecular weight is 268 g/mol. The number of hydrogen-bond donors (Lipinski definition) is 0. The third kappa shape index (κ3) is 3.03. The van der Waals surface area contributed by atoms with Crippen LogP contribution in [0.1, 0.15) is 6.92 Å². The molecule has 2 rings (SSSR count). The Balaban J connectivity index is 2.07. The zero-order chi connectivity index (χ0) is 13.2. The van der Waals surface area contributed by atoms with Crippen LogP contribution in [0.15, 0.2) is 29.2 Å². The van der Waals surface area contributed by atoms with Crippen molar-refractivity contribution >= 4 is 15.5 Å². The van der Waals surface area contributed by atoms with Gasteiger partial charge in [-0.15, -0.1) is 0 Å². The van der Waals surface area contributed by atoms with Crippen LogP contribution in [-0.2, 0) is 9.84 Å². The quantitative estimate of drug-likeness (QED) is 0.827. The molecular formula is C13H20N2O2S. The van der Waals surface area contributed by atoms with E-state index in [4.69, 9.17) is 0 Å². The number of sulfone groups is 1. The first-order chi connectivity index (χ1) is 8.50. The van der Waals surface area contributed by atoms with E-state index < -0.39 is 9.84 Å². The Morgan fingerprint density at radius 1 is 1.06 bits per heavy atom. The molecule has 0 spiro atoms. The van der Waals surface area contributed by atoms with Crippen LogP contribution in [0.3, 0.4) is 0 Å². The minimum absolute atomic E-state index is 0.387. The zero-order valence-corrected chi connectivity index (χ0v) is 11.8. The average Bonchev–Trinajstić information content (AvgIpc) is 2.38. The Morgan fingerprint density at radius 3 is 2.06 bits per heavy atom. The van der Waals surface area contributed by atoms with Gasteiger partial charge in [0.1, 0.15) is 0 Å². The largest absolute Gasteiger partial charge is 0.369 e. The smallest absolute Gasteiger partial charge is 0.175 e. The molecule has 0 amide bonds. The van der Waals surface area contributed by atoms with Gasteiger partial charge >= 0.3 is 0 Å². The van der Waals surface area contributed by atoms with E-state index in [0.29, 0.717) is 4.90 Å². The minimum Gasteiger partial charge on any atom is -0.369 e. The molecule has 1 fully saturated rings. The van der Waals surface area contributed by atoms with Gasteiger partial charge in [0.05, 0.1) is 4.90 Å². The molecule has 4 nitrogen and oxygen atoms in total. The predicted molar refractivity (Wildman–Crippen MR) is 73.9 cm³/mol.